The third-order valence-electron chi connectivity index (χ3n) is 1.67. The van der Waals surface area contributed by atoms with Gasteiger partial charge in [-0.3, -0.25) is 0 Å². The van der Waals surface area contributed by atoms with Crippen LogP contribution in [0.1, 0.15) is 24.2 Å². The number of benzene rings is 1. The molecule has 0 aliphatic carbocycles. The first-order valence-corrected chi connectivity index (χ1v) is 4.75. The normalized spacial score (nSPS) is 10.6. The van der Waals surface area contributed by atoms with Crippen molar-refractivity contribution in [3.8, 4) is 5.75 Å². The second kappa shape index (κ2) is 5.44. The van der Waals surface area contributed by atoms with Crippen molar-refractivity contribution in [2.45, 2.75) is 26.6 Å². The minimum absolute atomic E-state index is 0.00324. The third-order valence-corrected chi connectivity index (χ3v) is 1.67. The van der Waals surface area contributed by atoms with E-state index in [4.69, 9.17) is 4.74 Å². The fraction of sp³-hybridized carbons (Fsp3) is 0.364. The zero-order valence-corrected chi connectivity index (χ0v) is 8.94. The molecule has 0 N–H and O–H groups in total. The highest BCUT2D eigenvalue weighted by atomic mass is 19.3. The number of esters is 1. The van der Waals surface area contributed by atoms with Crippen molar-refractivity contribution in [3.63, 3.8) is 0 Å². The summed E-state index contributed by atoms with van der Waals surface area (Å²) in [5.41, 5.74) is -0.00324. The number of hydrogen-bond acceptors (Lipinski definition) is 3. The van der Waals surface area contributed by atoms with E-state index >= 15 is 0 Å². The number of ether oxygens (including phenoxy) is 2. The maximum atomic E-state index is 12.1. The van der Waals surface area contributed by atoms with Crippen molar-refractivity contribution in [2.24, 2.45) is 0 Å². The zero-order chi connectivity index (χ0) is 12.1. The number of carbonyl (C=O) groups excluding carboxylic acids is 1. The van der Waals surface area contributed by atoms with E-state index in [2.05, 4.69) is 4.74 Å². The van der Waals surface area contributed by atoms with E-state index in [1.165, 1.54) is 18.2 Å². The van der Waals surface area contributed by atoms with Crippen LogP contribution < -0.4 is 4.74 Å². The van der Waals surface area contributed by atoms with Crippen LogP contribution in [0.2, 0.25) is 0 Å². The molecule has 1 aromatic carbocycles. The molecule has 0 fully saturated rings. The van der Waals surface area contributed by atoms with E-state index in [9.17, 15) is 13.6 Å². The molecule has 0 aliphatic rings. The molecule has 0 unspecified atom stereocenters. The Morgan fingerprint density at radius 1 is 1.25 bits per heavy atom. The summed E-state index contributed by atoms with van der Waals surface area (Å²) in [7, 11) is 0. The number of hydrogen-bond donors (Lipinski definition) is 0. The summed E-state index contributed by atoms with van der Waals surface area (Å²) in [6.07, 6.45) is -0.313. The van der Waals surface area contributed by atoms with Crippen LogP contribution in [0, 0.1) is 0 Å². The summed E-state index contributed by atoms with van der Waals surface area (Å²) >= 11 is 0. The van der Waals surface area contributed by atoms with Crippen molar-refractivity contribution in [3.05, 3.63) is 29.8 Å². The zero-order valence-electron chi connectivity index (χ0n) is 8.94. The van der Waals surface area contributed by atoms with Gasteiger partial charge in [0, 0.05) is 0 Å². The van der Waals surface area contributed by atoms with Crippen LogP contribution >= 0.6 is 0 Å². The SMILES string of the molecule is CC(C)OC(=O)c1ccccc1OC(F)F. The van der Waals surface area contributed by atoms with E-state index in [0.717, 1.165) is 0 Å². The van der Waals surface area contributed by atoms with Gasteiger partial charge in [-0.25, -0.2) is 4.79 Å². The van der Waals surface area contributed by atoms with Gasteiger partial charge in [0.05, 0.1) is 6.10 Å². The molecule has 0 bridgehead atoms. The standard InChI is InChI=1S/C11H12F2O3/c1-7(2)15-10(14)8-5-3-4-6-9(8)16-11(12)13/h3-7,11H,1-2H3. The smallest absolute Gasteiger partial charge is 0.387 e. The fourth-order valence-electron chi connectivity index (χ4n) is 1.11. The summed E-state index contributed by atoms with van der Waals surface area (Å²) in [4.78, 5) is 11.5. The Hall–Kier alpha value is -1.65. The van der Waals surface area contributed by atoms with Crippen LogP contribution in [0.4, 0.5) is 8.78 Å². The van der Waals surface area contributed by atoms with Gasteiger partial charge in [-0.05, 0) is 26.0 Å². The molecular weight excluding hydrogens is 218 g/mol. The molecule has 0 aromatic heterocycles. The van der Waals surface area contributed by atoms with Gasteiger partial charge in [0.25, 0.3) is 0 Å². The molecule has 1 rings (SSSR count). The van der Waals surface area contributed by atoms with Crippen molar-refractivity contribution >= 4 is 5.97 Å². The summed E-state index contributed by atoms with van der Waals surface area (Å²) in [6.45, 7) is 0.385. The molecule has 0 amide bonds. The molecule has 0 saturated heterocycles. The average Bonchev–Trinajstić information content (AvgIpc) is 2.16. The molecule has 1 aromatic rings. The summed E-state index contributed by atoms with van der Waals surface area (Å²) in [5, 5.41) is 0. The predicted octanol–water partition coefficient (Wildman–Crippen LogP) is 2.85. The molecule has 0 atom stereocenters. The molecule has 0 heterocycles. The fourth-order valence-corrected chi connectivity index (χ4v) is 1.11. The molecule has 3 nitrogen and oxygen atoms in total. The van der Waals surface area contributed by atoms with Gasteiger partial charge < -0.3 is 9.47 Å². The first kappa shape index (κ1) is 12.4. The highest BCUT2D eigenvalue weighted by Gasteiger charge is 2.17. The second-order valence-electron chi connectivity index (χ2n) is 3.33. The number of carbonyl (C=O) groups is 1. The molecule has 0 spiro atoms. The van der Waals surface area contributed by atoms with E-state index < -0.39 is 12.6 Å². The van der Waals surface area contributed by atoms with Gasteiger partial charge in [0.15, 0.2) is 0 Å². The van der Waals surface area contributed by atoms with Crippen molar-refractivity contribution < 1.29 is 23.0 Å². The summed E-state index contributed by atoms with van der Waals surface area (Å²) < 4.78 is 33.2. The first-order chi connectivity index (χ1) is 7.50. The summed E-state index contributed by atoms with van der Waals surface area (Å²) in [5.74, 6) is -0.852. The van der Waals surface area contributed by atoms with Gasteiger partial charge >= 0.3 is 12.6 Å². The number of rotatable bonds is 4. The Kier molecular flexibility index (Phi) is 4.22. The van der Waals surface area contributed by atoms with Crippen molar-refractivity contribution in [2.75, 3.05) is 0 Å². The maximum Gasteiger partial charge on any atom is 0.387 e. The van der Waals surface area contributed by atoms with Crippen LogP contribution in [-0.4, -0.2) is 18.7 Å². The number of halogens is 2. The molecular formula is C11H12F2O3. The van der Waals surface area contributed by atoms with Crippen LogP contribution in [0.5, 0.6) is 5.75 Å². The monoisotopic (exact) mass is 230 g/mol. The topological polar surface area (TPSA) is 35.5 Å². The number of alkyl halides is 2. The van der Waals surface area contributed by atoms with Crippen LogP contribution in [0.15, 0.2) is 24.3 Å². The summed E-state index contributed by atoms with van der Waals surface area (Å²) in [6, 6.07) is 5.73. The largest absolute Gasteiger partial charge is 0.459 e. The van der Waals surface area contributed by atoms with Gasteiger partial charge in [-0.15, -0.1) is 0 Å². The number of para-hydroxylation sites is 1. The van der Waals surface area contributed by atoms with Crippen LogP contribution in [-0.2, 0) is 4.74 Å². The third kappa shape index (κ3) is 3.49. The quantitative estimate of drug-likeness (QED) is 0.746. The van der Waals surface area contributed by atoms with Crippen molar-refractivity contribution in [1.82, 2.24) is 0 Å². The Morgan fingerprint density at radius 2 is 1.88 bits per heavy atom. The van der Waals surface area contributed by atoms with E-state index in [0.29, 0.717) is 0 Å². The van der Waals surface area contributed by atoms with Crippen LogP contribution in [0.25, 0.3) is 0 Å². The van der Waals surface area contributed by atoms with Crippen LogP contribution in [0.3, 0.4) is 0 Å². The second-order valence-corrected chi connectivity index (χ2v) is 3.33. The highest BCUT2D eigenvalue weighted by molar-refractivity contribution is 5.92. The van der Waals surface area contributed by atoms with E-state index in [1.807, 2.05) is 0 Å². The van der Waals surface area contributed by atoms with Gasteiger partial charge in [-0.2, -0.15) is 8.78 Å². The minimum Gasteiger partial charge on any atom is -0.459 e. The average molecular weight is 230 g/mol. The Morgan fingerprint density at radius 3 is 2.44 bits per heavy atom. The molecule has 0 saturated carbocycles. The van der Waals surface area contributed by atoms with Gasteiger partial charge in [-0.1, -0.05) is 12.1 Å². The van der Waals surface area contributed by atoms with E-state index in [-0.39, 0.29) is 17.4 Å². The molecule has 16 heavy (non-hydrogen) atoms. The predicted molar refractivity (Wildman–Crippen MR) is 53.6 cm³/mol. The lowest BCUT2D eigenvalue weighted by atomic mass is 10.2. The maximum absolute atomic E-state index is 12.1. The lowest BCUT2D eigenvalue weighted by Crippen LogP contribution is -2.14. The highest BCUT2D eigenvalue weighted by Crippen LogP contribution is 2.21. The van der Waals surface area contributed by atoms with Gasteiger partial charge in [0.2, 0.25) is 0 Å². The Balaban J connectivity index is 2.89. The molecule has 0 aliphatic heterocycles. The van der Waals surface area contributed by atoms with Gasteiger partial charge in [0.1, 0.15) is 11.3 Å². The molecule has 88 valence electrons. The molecule has 0 radical (unpaired) electrons. The van der Waals surface area contributed by atoms with E-state index in [1.54, 1.807) is 19.9 Å². The molecule has 5 heteroatoms. The Labute approximate surface area is 92.0 Å². The van der Waals surface area contributed by atoms with Crippen molar-refractivity contribution in [1.29, 1.82) is 0 Å². The lowest BCUT2D eigenvalue weighted by molar-refractivity contribution is -0.0505. The minimum atomic E-state index is -2.96. The lowest BCUT2D eigenvalue weighted by Gasteiger charge is -2.11. The Bertz CT molecular complexity index is 364. The first-order valence-electron chi connectivity index (χ1n) is 4.75.